The predicted molar refractivity (Wildman–Crippen MR) is 196 cm³/mol. The van der Waals surface area contributed by atoms with Crippen molar-refractivity contribution >= 4 is 81.3 Å². The van der Waals surface area contributed by atoms with Gasteiger partial charge in [0.25, 0.3) is 0 Å². The third-order valence-corrected chi connectivity index (χ3v) is 11.2. The van der Waals surface area contributed by atoms with Gasteiger partial charge in [0.1, 0.15) is 11.2 Å². The number of thiophene rings is 1. The van der Waals surface area contributed by atoms with E-state index >= 15 is 0 Å². The first-order valence-corrected chi connectivity index (χ1v) is 16.7. The zero-order valence-corrected chi connectivity index (χ0v) is 26.4. The van der Waals surface area contributed by atoms with Gasteiger partial charge in [-0.15, -0.1) is 11.3 Å². The minimum atomic E-state index is -0.0908. The van der Waals surface area contributed by atoms with Crippen molar-refractivity contribution in [1.82, 2.24) is 0 Å². The first-order valence-electron chi connectivity index (χ1n) is 15.8. The van der Waals surface area contributed by atoms with E-state index in [1.54, 1.807) is 0 Å². The number of nitrogens with zero attached hydrogens (tertiary/aromatic N) is 1. The Morgan fingerprint density at radius 2 is 1.17 bits per heavy atom. The summed E-state index contributed by atoms with van der Waals surface area (Å²) in [6, 6.07) is 51.1. The zero-order chi connectivity index (χ0) is 30.6. The molecule has 0 unspecified atom stereocenters. The molecule has 0 bridgehead atoms. The molecule has 2 aromatic heterocycles. The van der Waals surface area contributed by atoms with Crippen LogP contribution in [0.25, 0.3) is 64.0 Å². The molecular weight excluding hydrogens is 579 g/mol. The van der Waals surface area contributed by atoms with Gasteiger partial charge in [-0.3, -0.25) is 0 Å². The van der Waals surface area contributed by atoms with Gasteiger partial charge in [-0.25, -0.2) is 0 Å². The van der Waals surface area contributed by atoms with Crippen LogP contribution >= 0.6 is 11.3 Å². The molecule has 0 aliphatic heterocycles. The summed E-state index contributed by atoms with van der Waals surface area (Å²) in [5.41, 5.74) is 10.4. The maximum atomic E-state index is 6.39. The van der Waals surface area contributed by atoms with Crippen molar-refractivity contribution < 1.29 is 4.42 Å². The highest BCUT2D eigenvalue weighted by Gasteiger charge is 2.35. The van der Waals surface area contributed by atoms with E-state index in [4.69, 9.17) is 4.42 Å². The standard InChI is InChI=1S/C43H29NOS/c1-43(2)37-12-6-3-9-31(37)32-19-17-29(24-38(32)43)44(30-18-20-34-33-10-4-7-13-39(33)45-40(34)25-30)28-16-15-26-22-36-35-11-5-8-14-41(35)46-42(36)23-27(26)21-28/h3-25H,1-2H3. The lowest BCUT2D eigenvalue weighted by molar-refractivity contribution is 0.660. The minimum Gasteiger partial charge on any atom is -0.456 e. The first kappa shape index (κ1) is 25.9. The summed E-state index contributed by atoms with van der Waals surface area (Å²) >= 11 is 1.87. The number of anilines is 3. The van der Waals surface area contributed by atoms with Crippen molar-refractivity contribution in [2.24, 2.45) is 0 Å². The molecule has 0 N–H and O–H groups in total. The fourth-order valence-electron chi connectivity index (χ4n) is 7.73. The van der Waals surface area contributed by atoms with Crippen LogP contribution in [0.1, 0.15) is 25.0 Å². The van der Waals surface area contributed by atoms with Crippen LogP contribution in [-0.4, -0.2) is 0 Å². The molecule has 0 fully saturated rings. The van der Waals surface area contributed by atoms with Crippen molar-refractivity contribution in [3.05, 3.63) is 151 Å². The molecule has 46 heavy (non-hydrogen) atoms. The quantitative estimate of drug-likeness (QED) is 0.199. The molecule has 0 spiro atoms. The van der Waals surface area contributed by atoms with E-state index in [0.717, 1.165) is 39.0 Å². The molecule has 2 nitrogen and oxygen atoms in total. The first-order chi connectivity index (χ1) is 22.5. The van der Waals surface area contributed by atoms with Gasteiger partial charge in [0.2, 0.25) is 0 Å². The summed E-state index contributed by atoms with van der Waals surface area (Å²) in [6.45, 7) is 4.69. The highest BCUT2D eigenvalue weighted by Crippen LogP contribution is 2.51. The molecule has 218 valence electrons. The molecule has 10 rings (SSSR count). The largest absolute Gasteiger partial charge is 0.456 e. The molecule has 3 heteroatoms. The maximum Gasteiger partial charge on any atom is 0.137 e. The minimum absolute atomic E-state index is 0.0908. The fourth-order valence-corrected chi connectivity index (χ4v) is 8.86. The van der Waals surface area contributed by atoms with Crippen LogP contribution in [0.4, 0.5) is 17.1 Å². The molecule has 0 amide bonds. The molecule has 1 aliphatic rings. The lowest BCUT2D eigenvalue weighted by Gasteiger charge is -2.28. The zero-order valence-electron chi connectivity index (χ0n) is 25.5. The predicted octanol–water partition coefficient (Wildman–Crippen LogP) is 12.9. The Balaban J connectivity index is 1.19. The summed E-state index contributed by atoms with van der Waals surface area (Å²) in [5.74, 6) is 0. The Morgan fingerprint density at radius 3 is 2.11 bits per heavy atom. The van der Waals surface area contributed by atoms with E-state index in [9.17, 15) is 0 Å². The molecular formula is C43H29NOS. The van der Waals surface area contributed by atoms with Gasteiger partial charge in [-0.05, 0) is 93.7 Å². The Morgan fingerprint density at radius 1 is 0.478 bits per heavy atom. The van der Waals surface area contributed by atoms with Gasteiger partial charge < -0.3 is 9.32 Å². The summed E-state index contributed by atoms with van der Waals surface area (Å²) in [4.78, 5) is 2.39. The summed E-state index contributed by atoms with van der Waals surface area (Å²) in [6.07, 6.45) is 0. The third kappa shape index (κ3) is 3.64. The number of rotatable bonds is 3. The smallest absolute Gasteiger partial charge is 0.137 e. The van der Waals surface area contributed by atoms with Crippen molar-refractivity contribution in [1.29, 1.82) is 0 Å². The van der Waals surface area contributed by atoms with Gasteiger partial charge in [-0.2, -0.15) is 0 Å². The van der Waals surface area contributed by atoms with Gasteiger partial charge in [0.05, 0.1) is 0 Å². The van der Waals surface area contributed by atoms with Crippen LogP contribution in [-0.2, 0) is 5.41 Å². The van der Waals surface area contributed by atoms with Crippen LogP contribution in [0.2, 0.25) is 0 Å². The average molecular weight is 608 g/mol. The van der Waals surface area contributed by atoms with Crippen LogP contribution in [0.3, 0.4) is 0 Å². The second kappa shape index (κ2) is 9.32. The molecule has 0 radical (unpaired) electrons. The van der Waals surface area contributed by atoms with E-state index in [-0.39, 0.29) is 5.41 Å². The second-order valence-electron chi connectivity index (χ2n) is 13.0. The molecule has 1 aliphatic carbocycles. The lowest BCUT2D eigenvalue weighted by Crippen LogP contribution is -2.16. The number of hydrogen-bond donors (Lipinski definition) is 0. The number of hydrogen-bond acceptors (Lipinski definition) is 3. The SMILES string of the molecule is CC1(C)c2ccccc2-c2ccc(N(c3ccc4cc5c(cc4c3)sc3ccccc35)c3ccc4c(c3)oc3ccccc34)cc21. The maximum absolute atomic E-state index is 6.39. The van der Waals surface area contributed by atoms with Crippen LogP contribution in [0.5, 0.6) is 0 Å². The van der Waals surface area contributed by atoms with E-state index in [2.05, 4.69) is 146 Å². The van der Waals surface area contributed by atoms with E-state index in [0.29, 0.717) is 0 Å². The molecule has 9 aromatic rings. The molecule has 2 heterocycles. The van der Waals surface area contributed by atoms with Crippen molar-refractivity contribution in [3.63, 3.8) is 0 Å². The number of benzene rings is 7. The Bertz CT molecular complexity index is 2690. The normalized spacial score (nSPS) is 13.6. The Hall–Kier alpha value is -5.38. The fraction of sp³-hybridized carbons (Fsp3) is 0.0698. The van der Waals surface area contributed by atoms with Gasteiger partial charge in [0, 0.05) is 59.5 Å². The highest BCUT2D eigenvalue weighted by atomic mass is 32.1. The Kier molecular flexibility index (Phi) is 5.25. The lowest BCUT2D eigenvalue weighted by atomic mass is 9.82. The van der Waals surface area contributed by atoms with Crippen molar-refractivity contribution in [2.45, 2.75) is 19.3 Å². The summed E-state index contributed by atoms with van der Waals surface area (Å²) in [7, 11) is 0. The highest BCUT2D eigenvalue weighted by molar-refractivity contribution is 7.25. The van der Waals surface area contributed by atoms with Crippen molar-refractivity contribution in [2.75, 3.05) is 4.90 Å². The van der Waals surface area contributed by atoms with Gasteiger partial charge in [0.15, 0.2) is 0 Å². The average Bonchev–Trinajstić information content (AvgIpc) is 3.71. The third-order valence-electron chi connectivity index (χ3n) is 10.0. The Labute approximate surface area is 270 Å². The second-order valence-corrected chi connectivity index (χ2v) is 14.1. The number of para-hydroxylation sites is 1. The van der Waals surface area contributed by atoms with Crippen LogP contribution in [0.15, 0.2) is 144 Å². The molecule has 0 saturated heterocycles. The molecule has 7 aromatic carbocycles. The monoisotopic (exact) mass is 607 g/mol. The van der Waals surface area contributed by atoms with Crippen LogP contribution in [0, 0.1) is 0 Å². The topological polar surface area (TPSA) is 16.4 Å². The van der Waals surface area contributed by atoms with Gasteiger partial charge >= 0.3 is 0 Å². The molecule has 0 saturated carbocycles. The summed E-state index contributed by atoms with van der Waals surface area (Å²) < 4.78 is 9.03. The number of furan rings is 1. The van der Waals surface area contributed by atoms with Crippen LogP contribution < -0.4 is 4.90 Å². The molecule has 0 atom stereocenters. The van der Waals surface area contributed by atoms with Gasteiger partial charge in [-0.1, -0.05) is 86.6 Å². The van der Waals surface area contributed by atoms with E-state index in [1.165, 1.54) is 53.2 Å². The van der Waals surface area contributed by atoms with Crippen molar-refractivity contribution in [3.8, 4) is 11.1 Å². The summed E-state index contributed by atoms with van der Waals surface area (Å²) in [5, 5.41) is 7.42. The number of fused-ring (bicyclic) bond motifs is 10. The van der Waals surface area contributed by atoms with E-state index in [1.807, 2.05) is 23.5 Å². The van der Waals surface area contributed by atoms with E-state index < -0.39 is 0 Å².